The number of ether oxygens (including phenoxy) is 1. The molecule has 0 aromatic heterocycles. The molecule has 0 spiro atoms. The standard InChI is InChI=1S/C9H22NO5P/c1-7(2)10-9(6-13-4)8(3)15-16(11,12)14-5/h7-10H,6H2,1-5H3,(H,11,12). The van der Waals surface area contributed by atoms with Crippen LogP contribution in [0, 0.1) is 0 Å². The molecular formula is C9H22NO5P. The second kappa shape index (κ2) is 7.37. The maximum absolute atomic E-state index is 11.2. The number of rotatable bonds is 8. The van der Waals surface area contributed by atoms with E-state index in [0.29, 0.717) is 6.61 Å². The molecule has 3 unspecified atom stereocenters. The summed E-state index contributed by atoms with van der Waals surface area (Å²) in [4.78, 5) is 9.19. The molecule has 0 heterocycles. The van der Waals surface area contributed by atoms with Crippen molar-refractivity contribution in [2.24, 2.45) is 0 Å². The largest absolute Gasteiger partial charge is 0.472 e. The fraction of sp³-hybridized carbons (Fsp3) is 1.00. The maximum Gasteiger partial charge on any atom is 0.472 e. The zero-order valence-electron chi connectivity index (χ0n) is 10.5. The minimum Gasteiger partial charge on any atom is -0.383 e. The third-order valence-corrected chi connectivity index (χ3v) is 3.05. The monoisotopic (exact) mass is 255 g/mol. The molecule has 98 valence electrons. The van der Waals surface area contributed by atoms with Crippen molar-refractivity contribution in [3.63, 3.8) is 0 Å². The van der Waals surface area contributed by atoms with Crippen LogP contribution in [0.1, 0.15) is 20.8 Å². The molecule has 0 fully saturated rings. The Morgan fingerprint density at radius 1 is 1.31 bits per heavy atom. The zero-order chi connectivity index (χ0) is 12.8. The van der Waals surface area contributed by atoms with Crippen LogP contribution in [0.4, 0.5) is 0 Å². The molecule has 0 rings (SSSR count). The van der Waals surface area contributed by atoms with Gasteiger partial charge in [-0.2, -0.15) is 0 Å². The van der Waals surface area contributed by atoms with Crippen molar-refractivity contribution in [1.82, 2.24) is 5.32 Å². The molecule has 0 radical (unpaired) electrons. The molecule has 0 aliphatic rings. The second-order valence-corrected chi connectivity index (χ2v) is 5.36. The maximum atomic E-state index is 11.2. The van der Waals surface area contributed by atoms with Crippen LogP contribution in [0.5, 0.6) is 0 Å². The highest BCUT2D eigenvalue weighted by atomic mass is 31.2. The van der Waals surface area contributed by atoms with Crippen LogP contribution in [-0.2, 0) is 18.3 Å². The lowest BCUT2D eigenvalue weighted by Crippen LogP contribution is -2.46. The van der Waals surface area contributed by atoms with Gasteiger partial charge in [0.2, 0.25) is 0 Å². The first-order chi connectivity index (χ1) is 7.32. The average Bonchev–Trinajstić information content (AvgIpc) is 2.16. The van der Waals surface area contributed by atoms with Gasteiger partial charge in [0.05, 0.1) is 18.8 Å². The molecule has 0 aromatic carbocycles. The molecule has 7 heteroatoms. The second-order valence-electron chi connectivity index (χ2n) is 3.84. The third-order valence-electron chi connectivity index (χ3n) is 1.99. The SMILES string of the molecule is COCC(NC(C)C)C(C)OP(=O)(O)OC. The summed E-state index contributed by atoms with van der Waals surface area (Å²) in [5.74, 6) is 0. The highest BCUT2D eigenvalue weighted by Gasteiger charge is 2.28. The Morgan fingerprint density at radius 2 is 1.88 bits per heavy atom. The van der Waals surface area contributed by atoms with Crippen molar-refractivity contribution in [2.75, 3.05) is 20.8 Å². The molecule has 6 nitrogen and oxygen atoms in total. The number of phosphoric ester groups is 1. The average molecular weight is 255 g/mol. The molecular weight excluding hydrogens is 233 g/mol. The van der Waals surface area contributed by atoms with E-state index in [2.05, 4.69) is 9.84 Å². The molecule has 0 saturated heterocycles. The number of hydrogen-bond acceptors (Lipinski definition) is 5. The molecule has 0 bridgehead atoms. The van der Waals surface area contributed by atoms with Crippen molar-refractivity contribution in [3.8, 4) is 0 Å². The van der Waals surface area contributed by atoms with Crippen LogP contribution >= 0.6 is 7.82 Å². The van der Waals surface area contributed by atoms with E-state index in [4.69, 9.17) is 9.26 Å². The minimum absolute atomic E-state index is 0.166. The lowest BCUT2D eigenvalue weighted by Gasteiger charge is -2.27. The molecule has 16 heavy (non-hydrogen) atoms. The van der Waals surface area contributed by atoms with Crippen molar-refractivity contribution in [1.29, 1.82) is 0 Å². The molecule has 0 aliphatic carbocycles. The van der Waals surface area contributed by atoms with Crippen LogP contribution in [0.25, 0.3) is 0 Å². The quantitative estimate of drug-likeness (QED) is 0.634. The van der Waals surface area contributed by atoms with Gasteiger partial charge in [0.1, 0.15) is 0 Å². The summed E-state index contributed by atoms with van der Waals surface area (Å²) in [7, 11) is -1.25. The van der Waals surface area contributed by atoms with Crippen LogP contribution in [0.3, 0.4) is 0 Å². The first-order valence-corrected chi connectivity index (χ1v) is 6.64. The van der Waals surface area contributed by atoms with Crippen molar-refractivity contribution in [2.45, 2.75) is 39.0 Å². The van der Waals surface area contributed by atoms with Gasteiger partial charge in [-0.05, 0) is 6.92 Å². The van der Waals surface area contributed by atoms with E-state index >= 15 is 0 Å². The lowest BCUT2D eigenvalue weighted by atomic mass is 10.2. The summed E-state index contributed by atoms with van der Waals surface area (Å²) >= 11 is 0. The summed E-state index contributed by atoms with van der Waals surface area (Å²) < 4.78 is 25.6. The molecule has 0 amide bonds. The summed E-state index contributed by atoms with van der Waals surface area (Å²) in [5.41, 5.74) is 0. The Bertz CT molecular complexity index is 236. The molecule has 0 aromatic rings. The highest BCUT2D eigenvalue weighted by molar-refractivity contribution is 7.47. The molecule has 2 N–H and O–H groups in total. The van der Waals surface area contributed by atoms with Gasteiger partial charge in [0, 0.05) is 20.3 Å². The fourth-order valence-electron chi connectivity index (χ4n) is 1.25. The predicted molar refractivity (Wildman–Crippen MR) is 61.3 cm³/mol. The van der Waals surface area contributed by atoms with Gasteiger partial charge in [-0.1, -0.05) is 13.8 Å². The Hall–Kier alpha value is 0.0300. The zero-order valence-corrected chi connectivity index (χ0v) is 11.4. The van der Waals surface area contributed by atoms with E-state index < -0.39 is 13.9 Å². The van der Waals surface area contributed by atoms with Gasteiger partial charge in [-0.3, -0.25) is 9.05 Å². The highest BCUT2D eigenvalue weighted by Crippen LogP contribution is 2.43. The Morgan fingerprint density at radius 3 is 2.25 bits per heavy atom. The number of phosphoric acid groups is 1. The van der Waals surface area contributed by atoms with Crippen molar-refractivity contribution in [3.05, 3.63) is 0 Å². The van der Waals surface area contributed by atoms with E-state index in [-0.39, 0.29) is 12.1 Å². The first kappa shape index (κ1) is 16.0. The van der Waals surface area contributed by atoms with E-state index in [9.17, 15) is 9.46 Å². The first-order valence-electron chi connectivity index (χ1n) is 5.14. The van der Waals surface area contributed by atoms with Gasteiger partial charge in [-0.15, -0.1) is 0 Å². The number of methoxy groups -OCH3 is 1. The Kier molecular flexibility index (Phi) is 7.39. The van der Waals surface area contributed by atoms with Crippen LogP contribution in [0.2, 0.25) is 0 Å². The van der Waals surface area contributed by atoms with E-state index in [1.54, 1.807) is 14.0 Å². The Balaban J connectivity index is 4.37. The van der Waals surface area contributed by atoms with Gasteiger partial charge in [0.15, 0.2) is 0 Å². The summed E-state index contributed by atoms with van der Waals surface area (Å²) in [5, 5.41) is 3.19. The summed E-state index contributed by atoms with van der Waals surface area (Å²) in [6.45, 7) is 6.04. The third kappa shape index (κ3) is 6.58. The van der Waals surface area contributed by atoms with Crippen molar-refractivity contribution < 1.29 is 23.2 Å². The van der Waals surface area contributed by atoms with Crippen LogP contribution in [0.15, 0.2) is 0 Å². The number of nitrogens with one attached hydrogen (secondary N) is 1. The molecule has 0 saturated carbocycles. The topological polar surface area (TPSA) is 77.0 Å². The van der Waals surface area contributed by atoms with E-state index in [1.165, 1.54) is 0 Å². The smallest absolute Gasteiger partial charge is 0.383 e. The summed E-state index contributed by atoms with van der Waals surface area (Å²) in [6.07, 6.45) is -0.488. The van der Waals surface area contributed by atoms with Crippen molar-refractivity contribution >= 4 is 7.82 Å². The van der Waals surface area contributed by atoms with Crippen LogP contribution < -0.4 is 5.32 Å². The van der Waals surface area contributed by atoms with E-state index in [0.717, 1.165) is 7.11 Å². The van der Waals surface area contributed by atoms with Crippen LogP contribution in [-0.4, -0.2) is 43.9 Å². The Labute approximate surface area is 96.9 Å². The fourth-order valence-corrected chi connectivity index (χ4v) is 1.91. The lowest BCUT2D eigenvalue weighted by molar-refractivity contribution is 0.0630. The molecule has 0 aliphatic heterocycles. The molecule has 3 atom stereocenters. The summed E-state index contributed by atoms with van der Waals surface area (Å²) in [6, 6.07) is 0.0625. The van der Waals surface area contributed by atoms with E-state index in [1.807, 2.05) is 13.8 Å². The van der Waals surface area contributed by atoms with Gasteiger partial charge in [0.25, 0.3) is 0 Å². The minimum atomic E-state index is -3.95. The van der Waals surface area contributed by atoms with Gasteiger partial charge < -0.3 is 14.9 Å². The van der Waals surface area contributed by atoms with Gasteiger partial charge >= 0.3 is 7.82 Å². The predicted octanol–water partition coefficient (Wildman–Crippen LogP) is 1.15. The number of hydrogen-bond donors (Lipinski definition) is 2. The van der Waals surface area contributed by atoms with Gasteiger partial charge in [-0.25, -0.2) is 4.57 Å². The normalized spacial score (nSPS) is 19.4.